The molecule has 0 bridgehead atoms. The van der Waals surface area contributed by atoms with E-state index in [2.05, 4.69) is 58.4 Å². The number of para-hydroxylation sites is 1. The molecule has 6 rings (SSSR count). The minimum absolute atomic E-state index is 0.226. The van der Waals surface area contributed by atoms with Crippen molar-refractivity contribution < 1.29 is 9.13 Å². The number of nitrogens with two attached hydrogens (primary N) is 1. The maximum absolute atomic E-state index is 14.2. The Morgan fingerprint density at radius 2 is 1.69 bits per heavy atom. The van der Waals surface area contributed by atoms with Crippen molar-refractivity contribution in [1.82, 2.24) is 19.3 Å². The van der Waals surface area contributed by atoms with Gasteiger partial charge in [-0.1, -0.05) is 54.6 Å². The van der Waals surface area contributed by atoms with Crippen LogP contribution >= 0.6 is 0 Å². The number of anilines is 1. The molecule has 6 nitrogen and oxygen atoms in total. The third-order valence-corrected chi connectivity index (χ3v) is 6.88. The van der Waals surface area contributed by atoms with Gasteiger partial charge in [-0.2, -0.15) is 0 Å². The molecule has 1 fully saturated rings. The van der Waals surface area contributed by atoms with Crippen molar-refractivity contribution in [2.45, 2.75) is 12.8 Å². The molecule has 2 N–H and O–H groups in total. The summed E-state index contributed by atoms with van der Waals surface area (Å²) >= 11 is 0. The number of morpholine rings is 1. The third-order valence-electron chi connectivity index (χ3n) is 6.88. The predicted molar refractivity (Wildman–Crippen MR) is 141 cm³/mol. The van der Waals surface area contributed by atoms with Gasteiger partial charge < -0.3 is 10.5 Å². The summed E-state index contributed by atoms with van der Waals surface area (Å²) in [6.07, 6.45) is 3.58. The molecule has 0 unspecified atom stereocenters. The Hall–Kier alpha value is -3.81. The standard InChI is InChI=1S/C29H28FN5O/c30-26-6-2-5-25-27(26)33-29(31)35-19-24(32-28(25)35)18-21-3-1-4-23(17-21)22-9-7-20(8-10-22)11-12-34-13-15-36-16-14-34/h1-10,17,19H,11-16,18H2,(H2,31,33). The number of halogens is 1. The molecule has 1 aliphatic rings. The van der Waals surface area contributed by atoms with Gasteiger partial charge >= 0.3 is 0 Å². The zero-order valence-corrected chi connectivity index (χ0v) is 20.0. The lowest BCUT2D eigenvalue weighted by atomic mass is 9.99. The van der Waals surface area contributed by atoms with Crippen molar-refractivity contribution in [2.75, 3.05) is 38.6 Å². The number of hydrogen-bond acceptors (Lipinski definition) is 5. The SMILES string of the molecule is Nc1nc2c(F)cccc2c2nc(Cc3cccc(-c4ccc(CCN5CCOCC5)cc4)c3)cn12. The molecule has 7 heteroatoms. The largest absolute Gasteiger partial charge is 0.379 e. The van der Waals surface area contributed by atoms with E-state index in [1.54, 1.807) is 10.5 Å². The molecule has 1 saturated heterocycles. The van der Waals surface area contributed by atoms with Gasteiger partial charge in [0.2, 0.25) is 5.95 Å². The van der Waals surface area contributed by atoms with Gasteiger partial charge in [0, 0.05) is 37.6 Å². The molecule has 3 aromatic carbocycles. The lowest BCUT2D eigenvalue weighted by molar-refractivity contribution is 0.0384. The number of hydrogen-bond donors (Lipinski definition) is 1. The van der Waals surface area contributed by atoms with Crippen molar-refractivity contribution in [1.29, 1.82) is 0 Å². The van der Waals surface area contributed by atoms with E-state index in [9.17, 15) is 4.39 Å². The van der Waals surface area contributed by atoms with E-state index in [4.69, 9.17) is 15.5 Å². The molecule has 1 aliphatic heterocycles. The van der Waals surface area contributed by atoms with Gasteiger partial charge in [-0.25, -0.2) is 14.4 Å². The zero-order valence-electron chi connectivity index (χ0n) is 20.0. The fraction of sp³-hybridized carbons (Fsp3) is 0.241. The van der Waals surface area contributed by atoms with Crippen LogP contribution in [0.3, 0.4) is 0 Å². The number of nitrogens with zero attached hydrogens (tertiary/aromatic N) is 4. The van der Waals surface area contributed by atoms with Gasteiger partial charge in [-0.05, 0) is 40.8 Å². The van der Waals surface area contributed by atoms with Gasteiger partial charge in [0.1, 0.15) is 17.0 Å². The first-order chi connectivity index (χ1) is 17.6. The Morgan fingerprint density at radius 3 is 2.53 bits per heavy atom. The maximum atomic E-state index is 14.2. The number of rotatable bonds is 6. The molecule has 5 aromatic rings. The molecule has 3 heterocycles. The van der Waals surface area contributed by atoms with Gasteiger partial charge in [0.15, 0.2) is 0 Å². The summed E-state index contributed by atoms with van der Waals surface area (Å²) in [6, 6.07) is 22.2. The van der Waals surface area contributed by atoms with E-state index in [0.717, 1.165) is 50.5 Å². The number of fused-ring (bicyclic) bond motifs is 3. The maximum Gasteiger partial charge on any atom is 0.206 e. The Labute approximate surface area is 209 Å². The van der Waals surface area contributed by atoms with Crippen molar-refractivity contribution in [3.63, 3.8) is 0 Å². The van der Waals surface area contributed by atoms with Crippen LogP contribution in [0.4, 0.5) is 10.3 Å². The number of imidazole rings is 1. The van der Waals surface area contributed by atoms with E-state index in [1.807, 2.05) is 12.3 Å². The van der Waals surface area contributed by atoms with Crippen molar-refractivity contribution in [3.8, 4) is 11.1 Å². The van der Waals surface area contributed by atoms with Crippen LogP contribution in [0.2, 0.25) is 0 Å². The zero-order chi connectivity index (χ0) is 24.5. The smallest absolute Gasteiger partial charge is 0.206 e. The quantitative estimate of drug-likeness (QED) is 0.380. The van der Waals surface area contributed by atoms with Crippen LogP contribution in [0.15, 0.2) is 72.9 Å². The summed E-state index contributed by atoms with van der Waals surface area (Å²) in [5.41, 5.74) is 12.7. The van der Waals surface area contributed by atoms with Crippen LogP contribution in [0.25, 0.3) is 27.7 Å². The van der Waals surface area contributed by atoms with Crippen LogP contribution in [0.5, 0.6) is 0 Å². The second-order valence-corrected chi connectivity index (χ2v) is 9.31. The summed E-state index contributed by atoms with van der Waals surface area (Å²) in [5.74, 6) is -0.171. The van der Waals surface area contributed by atoms with Crippen molar-refractivity contribution in [3.05, 3.63) is 95.6 Å². The first-order valence-corrected chi connectivity index (χ1v) is 12.3. The van der Waals surface area contributed by atoms with Crippen molar-refractivity contribution in [2.24, 2.45) is 0 Å². The second-order valence-electron chi connectivity index (χ2n) is 9.31. The molecule has 0 radical (unpaired) electrons. The Morgan fingerprint density at radius 1 is 0.889 bits per heavy atom. The first kappa shape index (κ1) is 22.6. The van der Waals surface area contributed by atoms with E-state index < -0.39 is 5.82 Å². The van der Waals surface area contributed by atoms with E-state index in [-0.39, 0.29) is 11.5 Å². The molecule has 0 spiro atoms. The van der Waals surface area contributed by atoms with Crippen LogP contribution in [0.1, 0.15) is 16.8 Å². The van der Waals surface area contributed by atoms with Crippen LogP contribution in [-0.2, 0) is 17.6 Å². The lowest BCUT2D eigenvalue weighted by Gasteiger charge is -2.26. The summed E-state index contributed by atoms with van der Waals surface area (Å²) in [4.78, 5) is 11.5. The first-order valence-electron chi connectivity index (χ1n) is 12.3. The van der Waals surface area contributed by atoms with E-state index in [1.165, 1.54) is 22.8 Å². The topological polar surface area (TPSA) is 68.7 Å². The van der Waals surface area contributed by atoms with Crippen LogP contribution in [0, 0.1) is 5.82 Å². The molecule has 0 saturated carbocycles. The monoisotopic (exact) mass is 481 g/mol. The highest BCUT2D eigenvalue weighted by atomic mass is 19.1. The summed E-state index contributed by atoms with van der Waals surface area (Å²) in [7, 11) is 0. The van der Waals surface area contributed by atoms with Gasteiger partial charge in [-0.3, -0.25) is 9.30 Å². The normalized spacial score (nSPS) is 14.6. The van der Waals surface area contributed by atoms with E-state index >= 15 is 0 Å². The number of aromatic nitrogens is 3. The highest BCUT2D eigenvalue weighted by Gasteiger charge is 2.14. The molecule has 0 atom stereocenters. The average molecular weight is 482 g/mol. The van der Waals surface area contributed by atoms with Crippen molar-refractivity contribution >= 4 is 22.5 Å². The van der Waals surface area contributed by atoms with E-state index in [0.29, 0.717) is 17.5 Å². The summed E-state index contributed by atoms with van der Waals surface area (Å²) in [6.45, 7) is 4.78. The Kier molecular flexibility index (Phi) is 6.09. The molecule has 36 heavy (non-hydrogen) atoms. The van der Waals surface area contributed by atoms with Gasteiger partial charge in [0.25, 0.3) is 0 Å². The molecule has 182 valence electrons. The molecular formula is C29H28FN5O. The minimum Gasteiger partial charge on any atom is -0.379 e. The predicted octanol–water partition coefficient (Wildman–Crippen LogP) is 4.74. The van der Waals surface area contributed by atoms with Gasteiger partial charge in [-0.15, -0.1) is 0 Å². The summed E-state index contributed by atoms with van der Waals surface area (Å²) < 4.78 is 21.4. The molecule has 2 aromatic heterocycles. The van der Waals surface area contributed by atoms with Crippen LogP contribution in [-0.4, -0.2) is 52.1 Å². The lowest BCUT2D eigenvalue weighted by Crippen LogP contribution is -2.37. The Bertz CT molecular complexity index is 1520. The Balaban J connectivity index is 1.20. The number of nitrogen functional groups attached to an aromatic ring is 1. The number of ether oxygens (including phenoxy) is 1. The molecule has 0 aliphatic carbocycles. The average Bonchev–Trinajstić information content (AvgIpc) is 3.34. The van der Waals surface area contributed by atoms with Gasteiger partial charge in [0.05, 0.1) is 18.9 Å². The third kappa shape index (κ3) is 4.55. The highest BCUT2D eigenvalue weighted by molar-refractivity contribution is 5.92. The summed E-state index contributed by atoms with van der Waals surface area (Å²) in [5, 5.41) is 0.651. The second kappa shape index (κ2) is 9.68. The molecule has 0 amide bonds. The number of benzene rings is 3. The fourth-order valence-electron chi connectivity index (χ4n) is 4.90. The minimum atomic E-state index is -0.397. The van der Waals surface area contributed by atoms with Crippen LogP contribution < -0.4 is 5.73 Å². The fourth-order valence-corrected chi connectivity index (χ4v) is 4.90. The molecular weight excluding hydrogens is 453 g/mol. The highest BCUT2D eigenvalue weighted by Crippen LogP contribution is 2.25.